The zero-order valence-corrected chi connectivity index (χ0v) is 12.6. The van der Waals surface area contributed by atoms with Crippen LogP contribution in [0.5, 0.6) is 0 Å². The molecule has 0 aliphatic rings. The Labute approximate surface area is 126 Å². The van der Waals surface area contributed by atoms with E-state index in [9.17, 15) is 5.11 Å². The van der Waals surface area contributed by atoms with Crippen LogP contribution in [0.1, 0.15) is 28.4 Å². The Morgan fingerprint density at radius 1 is 0.762 bits per heavy atom. The van der Waals surface area contributed by atoms with Gasteiger partial charge in [0.15, 0.2) is 0 Å². The van der Waals surface area contributed by atoms with Crippen LogP contribution in [0.3, 0.4) is 0 Å². The van der Waals surface area contributed by atoms with Gasteiger partial charge < -0.3 is 14.6 Å². The standard InChI is InChI=1S/C18H22O3/c1-20-12-15-5-3-14(4-6-15)11-18(19)17-9-7-16(8-10-17)13-21-2/h3-10,18-19H,11-13H2,1-2H3. The van der Waals surface area contributed by atoms with E-state index >= 15 is 0 Å². The van der Waals surface area contributed by atoms with E-state index in [0.29, 0.717) is 19.6 Å². The number of aliphatic hydroxyl groups is 1. The average molecular weight is 286 g/mol. The maximum atomic E-state index is 10.3. The minimum atomic E-state index is -0.491. The lowest BCUT2D eigenvalue weighted by molar-refractivity contribution is 0.177. The summed E-state index contributed by atoms with van der Waals surface area (Å²) in [7, 11) is 3.36. The molecule has 0 radical (unpaired) electrons. The van der Waals surface area contributed by atoms with Crippen LogP contribution in [0.15, 0.2) is 48.5 Å². The van der Waals surface area contributed by atoms with E-state index in [2.05, 4.69) is 0 Å². The predicted octanol–water partition coefficient (Wildman–Crippen LogP) is 3.26. The van der Waals surface area contributed by atoms with Crippen molar-refractivity contribution in [1.82, 2.24) is 0 Å². The molecule has 3 nitrogen and oxygen atoms in total. The molecule has 112 valence electrons. The summed E-state index contributed by atoms with van der Waals surface area (Å²) in [6.07, 6.45) is 0.117. The van der Waals surface area contributed by atoms with Crippen molar-refractivity contribution < 1.29 is 14.6 Å². The lowest BCUT2D eigenvalue weighted by Gasteiger charge is -2.12. The van der Waals surface area contributed by atoms with Gasteiger partial charge in [-0.25, -0.2) is 0 Å². The van der Waals surface area contributed by atoms with Crippen LogP contribution in [0.4, 0.5) is 0 Å². The third kappa shape index (κ3) is 4.67. The Bertz CT molecular complexity index is 531. The number of aliphatic hydroxyl groups excluding tert-OH is 1. The highest BCUT2D eigenvalue weighted by Crippen LogP contribution is 2.19. The Morgan fingerprint density at radius 2 is 1.19 bits per heavy atom. The lowest BCUT2D eigenvalue weighted by Crippen LogP contribution is -2.02. The molecule has 21 heavy (non-hydrogen) atoms. The lowest BCUT2D eigenvalue weighted by atomic mass is 10.00. The molecule has 1 N–H and O–H groups in total. The number of rotatable bonds is 7. The maximum Gasteiger partial charge on any atom is 0.0830 e. The highest BCUT2D eigenvalue weighted by molar-refractivity contribution is 5.27. The van der Waals surface area contributed by atoms with Gasteiger partial charge in [-0.05, 0) is 22.3 Å². The molecule has 0 spiro atoms. The van der Waals surface area contributed by atoms with Gasteiger partial charge in [-0.3, -0.25) is 0 Å². The van der Waals surface area contributed by atoms with Crippen molar-refractivity contribution in [3.63, 3.8) is 0 Å². The van der Waals surface area contributed by atoms with Crippen LogP contribution in [-0.2, 0) is 29.1 Å². The van der Waals surface area contributed by atoms with Gasteiger partial charge in [0.1, 0.15) is 0 Å². The van der Waals surface area contributed by atoms with Gasteiger partial charge in [0.2, 0.25) is 0 Å². The zero-order chi connectivity index (χ0) is 15.1. The summed E-state index contributed by atoms with van der Waals surface area (Å²) in [6, 6.07) is 16.0. The molecule has 0 aromatic heterocycles. The Hall–Kier alpha value is -1.68. The number of methoxy groups -OCH3 is 2. The smallest absolute Gasteiger partial charge is 0.0830 e. The van der Waals surface area contributed by atoms with Crippen LogP contribution in [0, 0.1) is 0 Å². The molecule has 3 heteroatoms. The number of benzene rings is 2. The van der Waals surface area contributed by atoms with Crippen molar-refractivity contribution in [1.29, 1.82) is 0 Å². The molecule has 0 amide bonds. The SMILES string of the molecule is COCc1ccc(CC(O)c2ccc(COC)cc2)cc1. The zero-order valence-electron chi connectivity index (χ0n) is 12.6. The molecule has 2 aromatic carbocycles. The second-order valence-corrected chi connectivity index (χ2v) is 5.14. The molecule has 0 saturated carbocycles. The van der Waals surface area contributed by atoms with E-state index in [1.165, 1.54) is 0 Å². The van der Waals surface area contributed by atoms with E-state index in [4.69, 9.17) is 9.47 Å². The van der Waals surface area contributed by atoms with E-state index < -0.39 is 6.10 Å². The van der Waals surface area contributed by atoms with E-state index in [-0.39, 0.29) is 0 Å². The van der Waals surface area contributed by atoms with E-state index in [1.54, 1.807) is 14.2 Å². The quantitative estimate of drug-likeness (QED) is 0.849. The summed E-state index contributed by atoms with van der Waals surface area (Å²) in [4.78, 5) is 0. The molecule has 1 unspecified atom stereocenters. The molecule has 2 aromatic rings. The van der Waals surface area contributed by atoms with Gasteiger partial charge in [0, 0.05) is 20.6 Å². The fourth-order valence-corrected chi connectivity index (χ4v) is 2.28. The first kappa shape index (κ1) is 15.7. The largest absolute Gasteiger partial charge is 0.388 e. The molecule has 2 rings (SSSR count). The second kappa shape index (κ2) is 7.93. The Balaban J connectivity index is 1.98. The first-order chi connectivity index (χ1) is 10.2. The van der Waals surface area contributed by atoms with Crippen molar-refractivity contribution in [3.05, 3.63) is 70.8 Å². The van der Waals surface area contributed by atoms with Crippen LogP contribution in [0.25, 0.3) is 0 Å². The topological polar surface area (TPSA) is 38.7 Å². The normalized spacial score (nSPS) is 12.3. The van der Waals surface area contributed by atoms with Crippen LogP contribution >= 0.6 is 0 Å². The van der Waals surface area contributed by atoms with Crippen molar-refractivity contribution in [2.45, 2.75) is 25.7 Å². The molecule has 0 heterocycles. The highest BCUT2D eigenvalue weighted by atomic mass is 16.5. The second-order valence-electron chi connectivity index (χ2n) is 5.14. The van der Waals surface area contributed by atoms with Crippen molar-refractivity contribution in [2.75, 3.05) is 14.2 Å². The molecule has 0 saturated heterocycles. The van der Waals surface area contributed by atoms with E-state index in [0.717, 1.165) is 22.3 Å². The summed E-state index contributed by atoms with van der Waals surface area (Å²) < 4.78 is 10.2. The van der Waals surface area contributed by atoms with Crippen LogP contribution in [0.2, 0.25) is 0 Å². The summed E-state index contributed by atoms with van der Waals surface area (Å²) in [5.74, 6) is 0. The number of ether oxygens (including phenoxy) is 2. The first-order valence-electron chi connectivity index (χ1n) is 7.05. The fraction of sp³-hybridized carbons (Fsp3) is 0.333. The Kier molecular flexibility index (Phi) is 5.93. The maximum absolute atomic E-state index is 10.3. The van der Waals surface area contributed by atoms with Gasteiger partial charge in [-0.15, -0.1) is 0 Å². The van der Waals surface area contributed by atoms with Crippen LogP contribution < -0.4 is 0 Å². The fourth-order valence-electron chi connectivity index (χ4n) is 2.28. The summed E-state index contributed by atoms with van der Waals surface area (Å²) >= 11 is 0. The monoisotopic (exact) mass is 286 g/mol. The molecule has 0 aliphatic heterocycles. The third-order valence-electron chi connectivity index (χ3n) is 3.44. The first-order valence-corrected chi connectivity index (χ1v) is 7.05. The third-order valence-corrected chi connectivity index (χ3v) is 3.44. The summed E-state index contributed by atoms with van der Waals surface area (Å²) in [6.45, 7) is 1.21. The highest BCUT2D eigenvalue weighted by Gasteiger charge is 2.08. The number of hydrogen-bond donors (Lipinski definition) is 1. The van der Waals surface area contributed by atoms with Crippen molar-refractivity contribution >= 4 is 0 Å². The molecule has 1 atom stereocenters. The van der Waals surface area contributed by atoms with E-state index in [1.807, 2.05) is 48.5 Å². The molecule has 0 fully saturated rings. The van der Waals surface area contributed by atoms with Crippen LogP contribution in [-0.4, -0.2) is 19.3 Å². The molecule has 0 bridgehead atoms. The molecule has 0 aliphatic carbocycles. The summed E-state index contributed by atoms with van der Waals surface area (Å²) in [5.41, 5.74) is 4.29. The van der Waals surface area contributed by atoms with Gasteiger partial charge in [-0.1, -0.05) is 48.5 Å². The Morgan fingerprint density at radius 3 is 1.67 bits per heavy atom. The van der Waals surface area contributed by atoms with Gasteiger partial charge in [-0.2, -0.15) is 0 Å². The minimum Gasteiger partial charge on any atom is -0.388 e. The van der Waals surface area contributed by atoms with Crippen molar-refractivity contribution in [3.8, 4) is 0 Å². The molecular weight excluding hydrogens is 264 g/mol. The van der Waals surface area contributed by atoms with Gasteiger partial charge >= 0.3 is 0 Å². The molecular formula is C18H22O3. The van der Waals surface area contributed by atoms with Gasteiger partial charge in [0.25, 0.3) is 0 Å². The minimum absolute atomic E-state index is 0.491. The van der Waals surface area contributed by atoms with Gasteiger partial charge in [0.05, 0.1) is 19.3 Å². The summed E-state index contributed by atoms with van der Waals surface area (Å²) in [5, 5.41) is 10.3. The predicted molar refractivity (Wildman–Crippen MR) is 83.0 cm³/mol. The number of hydrogen-bond acceptors (Lipinski definition) is 3. The average Bonchev–Trinajstić information content (AvgIpc) is 2.50. The van der Waals surface area contributed by atoms with Crippen molar-refractivity contribution in [2.24, 2.45) is 0 Å².